The molecular formula is C24H27F2N7O4. The average Bonchev–Trinajstić information content (AvgIpc) is 3.18. The second kappa shape index (κ2) is 10.1. The number of nitrogens with one attached hydrogen (secondary N) is 2. The van der Waals surface area contributed by atoms with Crippen molar-refractivity contribution in [3.63, 3.8) is 0 Å². The molecule has 11 nitrogen and oxygen atoms in total. The third-order valence-electron chi connectivity index (χ3n) is 6.31. The zero-order chi connectivity index (χ0) is 26.9. The molecule has 0 unspecified atom stereocenters. The lowest BCUT2D eigenvalue weighted by Crippen LogP contribution is -2.63. The number of ether oxygens (including phenoxy) is 1. The maximum absolute atomic E-state index is 13.8. The standard InChI is InChI=1S/C24H27F2N7O4/c1-14(32-7-8-33(24(2,3)13-32)22(35)17-10-29-23(36)31(17)4)21(34)30-19-11-28-20(12-27-19)37-18-6-5-15(25)9-16(18)26/h5-6,9-12,14H,7-8,13H2,1-4H3,(H,29,36)(H,27,30,34)/t14-/m0/s1. The van der Waals surface area contributed by atoms with E-state index in [0.717, 1.165) is 12.1 Å². The quantitative estimate of drug-likeness (QED) is 0.515. The molecule has 0 spiro atoms. The van der Waals surface area contributed by atoms with Gasteiger partial charge in [0.05, 0.1) is 24.0 Å². The van der Waals surface area contributed by atoms with Crippen LogP contribution >= 0.6 is 0 Å². The molecular weight excluding hydrogens is 488 g/mol. The highest BCUT2D eigenvalue weighted by atomic mass is 19.1. The van der Waals surface area contributed by atoms with Crippen molar-refractivity contribution in [2.24, 2.45) is 7.05 Å². The Morgan fingerprint density at radius 1 is 1.19 bits per heavy atom. The fourth-order valence-electron chi connectivity index (χ4n) is 4.18. The fourth-order valence-corrected chi connectivity index (χ4v) is 4.18. The number of H-pyrrole nitrogens is 1. The maximum Gasteiger partial charge on any atom is 0.325 e. The number of carbonyl (C=O) groups excluding carboxylic acids is 2. The summed E-state index contributed by atoms with van der Waals surface area (Å²) in [6.45, 7) is 6.80. The number of halogens is 2. The molecule has 1 aliphatic heterocycles. The van der Waals surface area contributed by atoms with Crippen LogP contribution in [-0.2, 0) is 11.8 Å². The topological polar surface area (TPSA) is 125 Å². The van der Waals surface area contributed by atoms with Gasteiger partial charge in [0.15, 0.2) is 17.4 Å². The third kappa shape index (κ3) is 5.50. The van der Waals surface area contributed by atoms with Gasteiger partial charge < -0.3 is 19.9 Å². The first kappa shape index (κ1) is 25.9. The van der Waals surface area contributed by atoms with Gasteiger partial charge in [-0.15, -0.1) is 0 Å². The van der Waals surface area contributed by atoms with Crippen LogP contribution in [0, 0.1) is 11.6 Å². The Bertz CT molecular complexity index is 1370. The van der Waals surface area contributed by atoms with Crippen molar-refractivity contribution in [2.45, 2.75) is 32.4 Å². The lowest BCUT2D eigenvalue weighted by atomic mass is 9.97. The summed E-state index contributed by atoms with van der Waals surface area (Å²) in [6.07, 6.45) is 3.88. The number of amides is 2. The number of nitrogens with zero attached hydrogens (tertiary/aromatic N) is 5. The van der Waals surface area contributed by atoms with E-state index in [1.165, 1.54) is 30.2 Å². The van der Waals surface area contributed by atoms with Gasteiger partial charge in [-0.2, -0.15) is 0 Å². The number of imidazole rings is 1. The van der Waals surface area contributed by atoms with Crippen molar-refractivity contribution in [3.8, 4) is 11.6 Å². The summed E-state index contributed by atoms with van der Waals surface area (Å²) in [5.74, 6) is -2.26. The Morgan fingerprint density at radius 2 is 1.95 bits per heavy atom. The van der Waals surface area contributed by atoms with E-state index in [1.807, 2.05) is 18.7 Å². The number of carbonyl (C=O) groups is 2. The van der Waals surface area contributed by atoms with Crippen LogP contribution in [0.5, 0.6) is 11.6 Å². The number of piperazine rings is 1. The van der Waals surface area contributed by atoms with E-state index >= 15 is 0 Å². The molecule has 1 fully saturated rings. The summed E-state index contributed by atoms with van der Waals surface area (Å²) < 4.78 is 33.4. The summed E-state index contributed by atoms with van der Waals surface area (Å²) >= 11 is 0. The van der Waals surface area contributed by atoms with Crippen LogP contribution in [0.15, 0.2) is 41.6 Å². The minimum atomic E-state index is -0.880. The molecule has 0 saturated carbocycles. The SMILES string of the molecule is C[C@@H](C(=O)Nc1cnc(Oc2ccc(F)cc2F)cn1)N1CCN(C(=O)c2c[nH]c(=O)n2C)C(C)(C)C1. The first-order valence-electron chi connectivity index (χ1n) is 11.5. The van der Waals surface area contributed by atoms with Crippen molar-refractivity contribution in [3.05, 3.63) is 64.6 Å². The molecule has 0 radical (unpaired) electrons. The molecule has 0 aliphatic carbocycles. The molecule has 2 amide bonds. The molecule has 3 aromatic rings. The monoisotopic (exact) mass is 515 g/mol. The zero-order valence-corrected chi connectivity index (χ0v) is 20.8. The van der Waals surface area contributed by atoms with Gasteiger partial charge in [-0.05, 0) is 32.9 Å². The molecule has 3 heterocycles. The van der Waals surface area contributed by atoms with Crippen LogP contribution in [0.25, 0.3) is 0 Å². The van der Waals surface area contributed by atoms with Crippen molar-refractivity contribution in [1.82, 2.24) is 29.3 Å². The number of aromatic amines is 1. The number of hydrogen-bond acceptors (Lipinski definition) is 7. The molecule has 1 saturated heterocycles. The maximum atomic E-state index is 13.8. The van der Waals surface area contributed by atoms with Crippen LogP contribution in [0.2, 0.25) is 0 Å². The number of anilines is 1. The predicted molar refractivity (Wildman–Crippen MR) is 129 cm³/mol. The fraction of sp³-hybridized carbons (Fsp3) is 0.375. The van der Waals surface area contributed by atoms with E-state index in [9.17, 15) is 23.2 Å². The predicted octanol–water partition coefficient (Wildman–Crippen LogP) is 2.14. The molecule has 37 heavy (non-hydrogen) atoms. The minimum absolute atomic E-state index is 0.0287. The summed E-state index contributed by atoms with van der Waals surface area (Å²) in [5, 5.41) is 2.69. The third-order valence-corrected chi connectivity index (χ3v) is 6.31. The summed E-state index contributed by atoms with van der Waals surface area (Å²) in [5.41, 5.74) is -0.702. The van der Waals surface area contributed by atoms with Gasteiger partial charge in [-0.3, -0.25) is 19.1 Å². The van der Waals surface area contributed by atoms with Crippen LogP contribution in [-0.4, -0.2) is 72.3 Å². The van der Waals surface area contributed by atoms with Gasteiger partial charge in [-0.25, -0.2) is 23.5 Å². The summed E-state index contributed by atoms with van der Waals surface area (Å²) in [4.78, 5) is 51.9. The van der Waals surface area contributed by atoms with Crippen molar-refractivity contribution in [1.29, 1.82) is 0 Å². The van der Waals surface area contributed by atoms with E-state index in [2.05, 4.69) is 20.3 Å². The van der Waals surface area contributed by atoms with Gasteiger partial charge in [-0.1, -0.05) is 0 Å². The van der Waals surface area contributed by atoms with E-state index in [-0.39, 0.29) is 40.6 Å². The Hall–Kier alpha value is -4.13. The largest absolute Gasteiger partial charge is 0.434 e. The van der Waals surface area contributed by atoms with Crippen LogP contribution in [0.1, 0.15) is 31.3 Å². The number of rotatable bonds is 6. The Morgan fingerprint density at radius 3 is 2.54 bits per heavy atom. The summed E-state index contributed by atoms with van der Waals surface area (Å²) in [7, 11) is 1.53. The lowest BCUT2D eigenvalue weighted by Gasteiger charge is -2.48. The Kier molecular flexibility index (Phi) is 7.07. The normalized spacial score (nSPS) is 16.3. The second-order valence-corrected chi connectivity index (χ2v) is 9.36. The van der Waals surface area contributed by atoms with Crippen LogP contribution in [0.3, 0.4) is 0 Å². The van der Waals surface area contributed by atoms with Crippen LogP contribution in [0.4, 0.5) is 14.6 Å². The second-order valence-electron chi connectivity index (χ2n) is 9.36. The van der Waals surface area contributed by atoms with Gasteiger partial charge in [0.25, 0.3) is 5.91 Å². The molecule has 0 bridgehead atoms. The highest BCUT2D eigenvalue weighted by molar-refractivity contribution is 5.94. The molecule has 2 aromatic heterocycles. The van der Waals surface area contributed by atoms with Crippen molar-refractivity contribution >= 4 is 17.6 Å². The first-order valence-corrected chi connectivity index (χ1v) is 11.5. The number of benzene rings is 1. The Balaban J connectivity index is 1.36. The summed E-state index contributed by atoms with van der Waals surface area (Å²) in [6, 6.07) is 2.34. The molecule has 4 rings (SSSR count). The molecule has 196 valence electrons. The molecule has 1 aromatic carbocycles. The van der Waals surface area contributed by atoms with Gasteiger partial charge in [0, 0.05) is 38.9 Å². The van der Waals surface area contributed by atoms with Gasteiger partial charge >= 0.3 is 5.69 Å². The van der Waals surface area contributed by atoms with E-state index < -0.39 is 23.2 Å². The van der Waals surface area contributed by atoms with Crippen molar-refractivity contribution in [2.75, 3.05) is 25.0 Å². The van der Waals surface area contributed by atoms with E-state index in [1.54, 1.807) is 11.8 Å². The zero-order valence-electron chi connectivity index (χ0n) is 20.8. The highest BCUT2D eigenvalue weighted by Gasteiger charge is 2.40. The lowest BCUT2D eigenvalue weighted by molar-refractivity contribution is -0.122. The minimum Gasteiger partial charge on any atom is -0.434 e. The highest BCUT2D eigenvalue weighted by Crippen LogP contribution is 2.25. The average molecular weight is 516 g/mol. The van der Waals surface area contributed by atoms with E-state index in [0.29, 0.717) is 25.7 Å². The molecule has 1 aliphatic rings. The molecule has 13 heteroatoms. The van der Waals surface area contributed by atoms with Crippen LogP contribution < -0.4 is 15.7 Å². The number of hydrogen-bond donors (Lipinski definition) is 2. The smallest absolute Gasteiger partial charge is 0.325 e. The van der Waals surface area contributed by atoms with Gasteiger partial charge in [0.2, 0.25) is 11.8 Å². The Labute approximate surface area is 211 Å². The van der Waals surface area contributed by atoms with E-state index in [4.69, 9.17) is 4.74 Å². The number of aromatic nitrogens is 4. The van der Waals surface area contributed by atoms with Crippen molar-refractivity contribution < 1.29 is 23.1 Å². The first-order chi connectivity index (χ1) is 17.5. The van der Waals surface area contributed by atoms with Gasteiger partial charge in [0.1, 0.15) is 11.5 Å². The molecule has 2 N–H and O–H groups in total. The molecule has 1 atom stereocenters.